The summed E-state index contributed by atoms with van der Waals surface area (Å²) in [6, 6.07) is 16.7. The highest BCUT2D eigenvalue weighted by atomic mass is 19.2. The van der Waals surface area contributed by atoms with Crippen LogP contribution in [0.1, 0.15) is 38.3 Å². The zero-order valence-electron chi connectivity index (χ0n) is 23.4. The summed E-state index contributed by atoms with van der Waals surface area (Å²) in [7, 11) is 0. The topological polar surface area (TPSA) is 188 Å². The molecular weight excluding hydrogens is 586 g/mol. The number of carbonyl (C=O) groups is 2. The van der Waals surface area contributed by atoms with Gasteiger partial charge in [0.2, 0.25) is 5.82 Å². The minimum Gasteiger partial charge on any atom is -0.504 e. The van der Waals surface area contributed by atoms with Crippen LogP contribution in [0.25, 0.3) is 34.1 Å². The molecule has 1 aliphatic rings. The van der Waals surface area contributed by atoms with Crippen molar-refractivity contribution in [1.82, 2.24) is 29.3 Å². The van der Waals surface area contributed by atoms with Crippen LogP contribution >= 0.6 is 0 Å². The number of imidazole rings is 1. The lowest BCUT2D eigenvalue weighted by Crippen LogP contribution is -2.16. The molecular formula is C31H24F2N8O4. The molecule has 4 aromatic heterocycles. The minimum atomic E-state index is -1.82. The van der Waals surface area contributed by atoms with Gasteiger partial charge in [-0.2, -0.15) is 9.49 Å². The van der Waals surface area contributed by atoms with Crippen molar-refractivity contribution in [3.8, 4) is 28.6 Å². The molecule has 0 unspecified atom stereocenters. The molecule has 14 heteroatoms. The quantitative estimate of drug-likeness (QED) is 0.222. The third kappa shape index (κ3) is 5.29. The van der Waals surface area contributed by atoms with Crippen molar-refractivity contribution in [1.29, 1.82) is 0 Å². The predicted molar refractivity (Wildman–Crippen MR) is 159 cm³/mol. The average Bonchev–Trinajstić information content (AvgIpc) is 3.79. The molecule has 226 valence electrons. The zero-order chi connectivity index (χ0) is 31.8. The largest absolute Gasteiger partial charge is 0.504 e. The van der Waals surface area contributed by atoms with E-state index in [4.69, 9.17) is 25.9 Å². The summed E-state index contributed by atoms with van der Waals surface area (Å²) >= 11 is 0. The predicted octanol–water partition coefficient (Wildman–Crippen LogP) is 4.21. The number of rotatable bonds is 5. The normalized spacial score (nSPS) is 12.0. The van der Waals surface area contributed by atoms with Gasteiger partial charge in [-0.05, 0) is 78.9 Å². The van der Waals surface area contributed by atoms with Crippen molar-refractivity contribution in [3.05, 3.63) is 107 Å². The fourth-order valence-corrected chi connectivity index (χ4v) is 5.17. The van der Waals surface area contributed by atoms with Gasteiger partial charge in [0.1, 0.15) is 16.9 Å². The molecule has 45 heavy (non-hydrogen) atoms. The summed E-state index contributed by atoms with van der Waals surface area (Å²) in [5.41, 5.74) is 15.2. The van der Waals surface area contributed by atoms with Gasteiger partial charge < -0.3 is 21.7 Å². The van der Waals surface area contributed by atoms with E-state index in [0.717, 1.165) is 46.9 Å². The number of pyridine rings is 2. The number of aryl methyl sites for hydroxylation is 2. The number of anilines is 1. The number of aromatic carboxylic acids is 1. The van der Waals surface area contributed by atoms with Crippen molar-refractivity contribution in [2.24, 2.45) is 5.73 Å². The number of benzene rings is 2. The number of hydrogen-bond donors (Lipinski definition) is 4. The molecule has 4 heterocycles. The molecule has 6 N–H and O–H groups in total. The molecule has 0 aliphatic heterocycles. The van der Waals surface area contributed by atoms with Crippen LogP contribution in [0.5, 0.6) is 5.75 Å². The standard InChI is InChI=1S/C23H19N7.C8H5F2NO4/c24-21-18(6-2-11-25-21)22-27-19-9-10-20(29-13-3-12-26-29)28-23(19)30(22)17-8-7-15-4-1-5-16(15)14-17;9-4-2(7(11)13)1-3(8(14)15)6(12)5(4)10/h2-3,6-14H,1,4-5H2,(H2,24,25);1,12H,(H2,11,13)(H,14,15). The third-order valence-corrected chi connectivity index (χ3v) is 7.33. The van der Waals surface area contributed by atoms with E-state index in [2.05, 4.69) is 38.6 Å². The molecule has 6 aromatic rings. The fourth-order valence-electron chi connectivity index (χ4n) is 5.17. The second kappa shape index (κ2) is 11.5. The van der Waals surface area contributed by atoms with Gasteiger partial charge >= 0.3 is 5.97 Å². The second-order valence-corrected chi connectivity index (χ2v) is 10.1. The highest BCUT2D eigenvalue weighted by molar-refractivity contribution is 5.98. The summed E-state index contributed by atoms with van der Waals surface area (Å²) in [5, 5.41) is 21.7. The first kappa shape index (κ1) is 28.9. The summed E-state index contributed by atoms with van der Waals surface area (Å²) in [5.74, 6) is -5.97. The van der Waals surface area contributed by atoms with Gasteiger partial charge in [0.05, 0.1) is 11.1 Å². The highest BCUT2D eigenvalue weighted by Gasteiger charge is 2.24. The van der Waals surface area contributed by atoms with E-state index < -0.39 is 40.4 Å². The number of carbonyl (C=O) groups excluding carboxylic acids is 1. The van der Waals surface area contributed by atoms with Crippen LogP contribution in [0.2, 0.25) is 0 Å². The molecule has 7 rings (SSSR count). The first-order valence-electron chi connectivity index (χ1n) is 13.6. The monoisotopic (exact) mass is 610 g/mol. The molecule has 0 bridgehead atoms. The average molecular weight is 611 g/mol. The molecule has 0 saturated heterocycles. The lowest BCUT2D eigenvalue weighted by molar-refractivity contribution is 0.0692. The van der Waals surface area contributed by atoms with Crippen LogP contribution in [-0.2, 0) is 12.8 Å². The number of nitrogens with zero attached hydrogens (tertiary/aromatic N) is 6. The first-order chi connectivity index (χ1) is 21.6. The number of phenols is 1. The Morgan fingerprint density at radius 2 is 1.71 bits per heavy atom. The Bertz CT molecular complexity index is 2070. The maximum absolute atomic E-state index is 12.9. The number of primary amides is 1. The van der Waals surface area contributed by atoms with Gasteiger partial charge in [0.15, 0.2) is 28.9 Å². The molecule has 0 fully saturated rings. The number of halogens is 2. The van der Waals surface area contributed by atoms with Crippen LogP contribution in [0, 0.1) is 11.6 Å². The van der Waals surface area contributed by atoms with E-state index in [-0.39, 0.29) is 0 Å². The molecule has 0 spiro atoms. The van der Waals surface area contributed by atoms with E-state index in [1.165, 1.54) is 17.5 Å². The summed E-state index contributed by atoms with van der Waals surface area (Å²) in [6.45, 7) is 0. The summed E-state index contributed by atoms with van der Waals surface area (Å²) in [4.78, 5) is 35.1. The number of carboxylic acid groups (broad SMARTS) is 1. The van der Waals surface area contributed by atoms with Crippen LogP contribution < -0.4 is 11.5 Å². The number of carboxylic acids is 1. The SMILES string of the molecule is NC(=O)c1cc(C(=O)O)c(O)c(F)c1F.Nc1ncccc1-c1nc2ccc(-n3cccn3)nc2n1-c1ccc2c(c1)CCC2. The van der Waals surface area contributed by atoms with Gasteiger partial charge in [0.25, 0.3) is 5.91 Å². The number of nitrogen functional groups attached to an aromatic ring is 1. The van der Waals surface area contributed by atoms with E-state index >= 15 is 0 Å². The van der Waals surface area contributed by atoms with Crippen LogP contribution in [0.4, 0.5) is 14.6 Å². The molecule has 1 amide bonds. The lowest BCUT2D eigenvalue weighted by Gasteiger charge is -2.12. The molecule has 0 atom stereocenters. The molecule has 0 radical (unpaired) electrons. The Labute approximate surface area is 253 Å². The smallest absolute Gasteiger partial charge is 0.339 e. The van der Waals surface area contributed by atoms with E-state index in [1.807, 2.05) is 36.5 Å². The summed E-state index contributed by atoms with van der Waals surface area (Å²) in [6.07, 6.45) is 8.76. The van der Waals surface area contributed by atoms with Crippen LogP contribution in [0.15, 0.2) is 73.2 Å². The zero-order valence-corrected chi connectivity index (χ0v) is 23.4. The van der Waals surface area contributed by atoms with Crippen molar-refractivity contribution < 1.29 is 28.6 Å². The van der Waals surface area contributed by atoms with Gasteiger partial charge in [-0.1, -0.05) is 6.07 Å². The Balaban J connectivity index is 0.000000202. The van der Waals surface area contributed by atoms with Gasteiger partial charge in [-0.15, -0.1) is 0 Å². The maximum Gasteiger partial charge on any atom is 0.339 e. The van der Waals surface area contributed by atoms with Gasteiger partial charge in [0, 0.05) is 24.3 Å². The second-order valence-electron chi connectivity index (χ2n) is 10.1. The van der Waals surface area contributed by atoms with E-state index in [0.29, 0.717) is 11.9 Å². The fraction of sp³-hybridized carbons (Fsp3) is 0.0968. The van der Waals surface area contributed by atoms with Crippen LogP contribution in [-0.4, -0.2) is 51.4 Å². The third-order valence-electron chi connectivity index (χ3n) is 7.33. The van der Waals surface area contributed by atoms with Crippen molar-refractivity contribution in [3.63, 3.8) is 0 Å². The maximum atomic E-state index is 12.9. The Morgan fingerprint density at radius 3 is 2.42 bits per heavy atom. The van der Waals surface area contributed by atoms with Gasteiger partial charge in [-0.25, -0.2) is 28.8 Å². The minimum absolute atomic E-state index is 0.447. The van der Waals surface area contributed by atoms with Crippen LogP contribution in [0.3, 0.4) is 0 Å². The Kier molecular flexibility index (Phi) is 7.38. The highest BCUT2D eigenvalue weighted by Crippen LogP contribution is 2.33. The number of amides is 1. The Morgan fingerprint density at radius 1 is 0.911 bits per heavy atom. The number of aromatic hydroxyl groups is 1. The van der Waals surface area contributed by atoms with Crippen molar-refractivity contribution in [2.45, 2.75) is 19.3 Å². The summed E-state index contributed by atoms with van der Waals surface area (Å²) < 4.78 is 29.6. The van der Waals surface area contributed by atoms with Gasteiger partial charge in [-0.3, -0.25) is 9.36 Å². The van der Waals surface area contributed by atoms with Crippen molar-refractivity contribution >= 4 is 28.9 Å². The Hall–Kier alpha value is -6.18. The number of hydrogen-bond acceptors (Lipinski definition) is 8. The molecule has 1 aliphatic carbocycles. The molecule has 2 aromatic carbocycles. The molecule has 12 nitrogen and oxygen atoms in total. The van der Waals surface area contributed by atoms with E-state index in [1.54, 1.807) is 17.1 Å². The number of fused-ring (bicyclic) bond motifs is 2. The first-order valence-corrected chi connectivity index (χ1v) is 13.6. The van der Waals surface area contributed by atoms with E-state index in [9.17, 15) is 18.4 Å². The number of nitrogens with two attached hydrogens (primary N) is 2. The van der Waals surface area contributed by atoms with Crippen molar-refractivity contribution in [2.75, 3.05) is 5.73 Å². The number of aromatic nitrogens is 6. The lowest BCUT2D eigenvalue weighted by atomic mass is 10.1. The molecule has 0 saturated carbocycles.